The molecule has 78 valence electrons. The Bertz CT molecular complexity index is 308. The predicted molar refractivity (Wildman–Crippen MR) is 53.8 cm³/mol. The summed E-state index contributed by atoms with van der Waals surface area (Å²) in [6.07, 6.45) is 0. The van der Waals surface area contributed by atoms with Gasteiger partial charge in [-0.15, -0.1) is 0 Å². The maximum Gasteiger partial charge on any atom is 0.340 e. The number of carbonyl (C=O) groups excluding carboxylic acids is 1. The van der Waals surface area contributed by atoms with Crippen LogP contribution in [0.1, 0.15) is 29.8 Å². The van der Waals surface area contributed by atoms with E-state index in [0.29, 0.717) is 0 Å². The lowest BCUT2D eigenvalue weighted by Gasteiger charge is -2.01. The van der Waals surface area contributed by atoms with Crippen LogP contribution in [0, 0.1) is 12.7 Å². The number of halogens is 1. The Balaban J connectivity index is 0.000000791. The van der Waals surface area contributed by atoms with Crippen LogP contribution in [0.4, 0.5) is 4.39 Å². The van der Waals surface area contributed by atoms with Crippen molar-refractivity contribution in [1.82, 2.24) is 0 Å². The van der Waals surface area contributed by atoms with Crippen LogP contribution in [0.3, 0.4) is 0 Å². The quantitative estimate of drug-likeness (QED) is 0.648. The second-order valence-corrected chi connectivity index (χ2v) is 2.47. The molecule has 1 aromatic carbocycles. The smallest absolute Gasteiger partial charge is 0.340 e. The minimum absolute atomic E-state index is 0.0162. The molecule has 0 heterocycles. The minimum Gasteiger partial charge on any atom is -0.465 e. The largest absolute Gasteiger partial charge is 0.465 e. The summed E-state index contributed by atoms with van der Waals surface area (Å²) >= 11 is 0. The van der Waals surface area contributed by atoms with Crippen LogP contribution in [0.2, 0.25) is 0 Å². The Morgan fingerprint density at radius 3 is 2.43 bits per heavy atom. The molecule has 2 nitrogen and oxygen atoms in total. The van der Waals surface area contributed by atoms with Crippen LogP contribution in [0.25, 0.3) is 0 Å². The van der Waals surface area contributed by atoms with E-state index in [4.69, 9.17) is 0 Å². The van der Waals surface area contributed by atoms with Gasteiger partial charge in [0.1, 0.15) is 5.82 Å². The summed E-state index contributed by atoms with van der Waals surface area (Å²) in [5.41, 5.74) is 0.814. The van der Waals surface area contributed by atoms with Crippen molar-refractivity contribution in [2.24, 2.45) is 0 Å². The van der Waals surface area contributed by atoms with Crippen LogP contribution >= 0.6 is 0 Å². The average Bonchev–Trinajstić information content (AvgIpc) is 2.23. The summed E-state index contributed by atoms with van der Waals surface area (Å²) in [6, 6.07) is 4.31. The van der Waals surface area contributed by atoms with E-state index in [1.54, 1.807) is 13.0 Å². The van der Waals surface area contributed by atoms with E-state index in [9.17, 15) is 9.18 Å². The lowest BCUT2D eigenvalue weighted by Crippen LogP contribution is -2.04. The van der Waals surface area contributed by atoms with Gasteiger partial charge in [0.25, 0.3) is 0 Å². The molecule has 0 saturated carbocycles. The van der Waals surface area contributed by atoms with Crippen molar-refractivity contribution in [3.05, 3.63) is 35.1 Å². The second-order valence-electron chi connectivity index (χ2n) is 2.47. The third-order valence-corrected chi connectivity index (χ3v) is 1.53. The number of methoxy groups -OCH3 is 1. The molecule has 0 bridgehead atoms. The number of aryl methyl sites for hydroxylation is 1. The number of benzene rings is 1. The molecule has 0 saturated heterocycles. The number of esters is 1. The fourth-order valence-electron chi connectivity index (χ4n) is 0.905. The maximum absolute atomic E-state index is 12.9. The first-order valence-electron chi connectivity index (χ1n) is 4.49. The Morgan fingerprint density at radius 1 is 1.36 bits per heavy atom. The van der Waals surface area contributed by atoms with Gasteiger partial charge in [-0.1, -0.05) is 25.5 Å². The van der Waals surface area contributed by atoms with E-state index in [0.717, 1.165) is 5.56 Å². The van der Waals surface area contributed by atoms with Gasteiger partial charge in [-0.05, 0) is 19.1 Å². The highest BCUT2D eigenvalue weighted by Gasteiger charge is 2.10. The van der Waals surface area contributed by atoms with Gasteiger partial charge in [-0.2, -0.15) is 0 Å². The molecule has 0 N–H and O–H groups in total. The zero-order valence-electron chi connectivity index (χ0n) is 8.93. The fraction of sp³-hybridized carbons (Fsp3) is 0.364. The third kappa shape index (κ3) is 3.17. The highest BCUT2D eigenvalue weighted by Crippen LogP contribution is 2.10. The van der Waals surface area contributed by atoms with Crippen LogP contribution in [0.5, 0.6) is 0 Å². The number of hydrogen-bond donors (Lipinski definition) is 0. The molecule has 0 amide bonds. The number of ether oxygens (including phenoxy) is 1. The zero-order chi connectivity index (χ0) is 11.1. The molecule has 0 aromatic heterocycles. The van der Waals surface area contributed by atoms with Crippen LogP contribution in [0.15, 0.2) is 18.2 Å². The van der Waals surface area contributed by atoms with E-state index in [-0.39, 0.29) is 5.56 Å². The van der Waals surface area contributed by atoms with Gasteiger partial charge in [0.2, 0.25) is 0 Å². The van der Waals surface area contributed by atoms with E-state index in [2.05, 4.69) is 4.74 Å². The molecule has 0 radical (unpaired) electrons. The highest BCUT2D eigenvalue weighted by atomic mass is 19.1. The van der Waals surface area contributed by atoms with Crippen LogP contribution in [-0.4, -0.2) is 13.1 Å². The van der Waals surface area contributed by atoms with Crippen molar-refractivity contribution in [1.29, 1.82) is 0 Å². The first kappa shape index (κ1) is 12.6. The average molecular weight is 198 g/mol. The molecule has 3 heteroatoms. The predicted octanol–water partition coefficient (Wildman–Crippen LogP) is 2.95. The summed E-state index contributed by atoms with van der Waals surface area (Å²) < 4.78 is 17.3. The molecule has 0 spiro atoms. The van der Waals surface area contributed by atoms with Crippen molar-refractivity contribution in [3.63, 3.8) is 0 Å². The summed E-state index contributed by atoms with van der Waals surface area (Å²) in [7, 11) is 1.23. The van der Waals surface area contributed by atoms with Crippen LogP contribution < -0.4 is 0 Å². The SMILES string of the molecule is CC.COC(=O)c1cc(C)ccc1F. The highest BCUT2D eigenvalue weighted by molar-refractivity contribution is 5.89. The first-order valence-corrected chi connectivity index (χ1v) is 4.49. The van der Waals surface area contributed by atoms with Crippen molar-refractivity contribution in [3.8, 4) is 0 Å². The van der Waals surface area contributed by atoms with Crippen molar-refractivity contribution in [2.75, 3.05) is 7.11 Å². The van der Waals surface area contributed by atoms with E-state index in [1.807, 2.05) is 13.8 Å². The monoisotopic (exact) mass is 198 g/mol. The first-order chi connectivity index (χ1) is 6.65. The number of hydrogen-bond acceptors (Lipinski definition) is 2. The molecule has 0 aliphatic carbocycles. The van der Waals surface area contributed by atoms with Crippen molar-refractivity contribution < 1.29 is 13.9 Å². The normalized spacial score (nSPS) is 8.64. The van der Waals surface area contributed by atoms with Gasteiger partial charge in [0.15, 0.2) is 0 Å². The third-order valence-electron chi connectivity index (χ3n) is 1.53. The second kappa shape index (κ2) is 6.13. The minimum atomic E-state index is -0.642. The Kier molecular flexibility index (Phi) is 5.53. The fourth-order valence-corrected chi connectivity index (χ4v) is 0.905. The Morgan fingerprint density at radius 2 is 1.93 bits per heavy atom. The van der Waals surface area contributed by atoms with E-state index < -0.39 is 11.8 Å². The summed E-state index contributed by atoms with van der Waals surface area (Å²) in [5.74, 6) is -1.19. The molecule has 14 heavy (non-hydrogen) atoms. The molecular formula is C11H15FO2. The zero-order valence-corrected chi connectivity index (χ0v) is 8.93. The molecule has 0 aliphatic heterocycles. The van der Waals surface area contributed by atoms with Gasteiger partial charge < -0.3 is 4.74 Å². The standard InChI is InChI=1S/C9H9FO2.C2H6/c1-6-3-4-8(10)7(5-6)9(11)12-2;1-2/h3-5H,1-2H3;1-2H3. The topological polar surface area (TPSA) is 26.3 Å². The summed E-state index contributed by atoms with van der Waals surface area (Å²) in [4.78, 5) is 10.9. The molecular weight excluding hydrogens is 183 g/mol. The maximum atomic E-state index is 12.9. The van der Waals surface area contributed by atoms with Gasteiger partial charge in [0.05, 0.1) is 12.7 Å². The number of rotatable bonds is 1. The molecule has 0 fully saturated rings. The van der Waals surface area contributed by atoms with E-state index >= 15 is 0 Å². The lowest BCUT2D eigenvalue weighted by atomic mass is 10.1. The van der Waals surface area contributed by atoms with Gasteiger partial charge in [-0.3, -0.25) is 0 Å². The molecule has 1 aromatic rings. The summed E-state index contributed by atoms with van der Waals surface area (Å²) in [5, 5.41) is 0. The van der Waals surface area contributed by atoms with Crippen molar-refractivity contribution in [2.45, 2.75) is 20.8 Å². The molecule has 1 rings (SSSR count). The van der Waals surface area contributed by atoms with Gasteiger partial charge in [-0.25, -0.2) is 9.18 Å². The number of carbonyl (C=O) groups is 1. The molecule has 0 aliphatic rings. The Hall–Kier alpha value is -1.38. The summed E-state index contributed by atoms with van der Waals surface area (Å²) in [6.45, 7) is 5.78. The van der Waals surface area contributed by atoms with Crippen LogP contribution in [-0.2, 0) is 4.74 Å². The Labute approximate surface area is 83.7 Å². The van der Waals surface area contributed by atoms with E-state index in [1.165, 1.54) is 19.2 Å². The van der Waals surface area contributed by atoms with Gasteiger partial charge >= 0.3 is 5.97 Å². The van der Waals surface area contributed by atoms with Gasteiger partial charge in [0, 0.05) is 0 Å². The van der Waals surface area contributed by atoms with Crippen molar-refractivity contribution >= 4 is 5.97 Å². The molecule has 0 atom stereocenters. The molecule has 0 unspecified atom stereocenters. The lowest BCUT2D eigenvalue weighted by molar-refractivity contribution is 0.0595.